The van der Waals surface area contributed by atoms with Crippen LogP contribution in [0.5, 0.6) is 0 Å². The number of nitrogens with zero attached hydrogens (tertiary/aromatic N) is 2. The molecule has 0 aromatic rings. The highest BCUT2D eigenvalue weighted by Gasteiger charge is 2.39. The van der Waals surface area contributed by atoms with Gasteiger partial charge in [-0.15, -0.1) is 0 Å². The van der Waals surface area contributed by atoms with Gasteiger partial charge in [-0.25, -0.2) is 0 Å². The van der Waals surface area contributed by atoms with Crippen molar-refractivity contribution in [2.24, 2.45) is 5.41 Å². The van der Waals surface area contributed by atoms with Crippen molar-refractivity contribution < 1.29 is 0 Å². The third-order valence-electron chi connectivity index (χ3n) is 4.56. The van der Waals surface area contributed by atoms with E-state index in [1.165, 1.54) is 65.2 Å². The van der Waals surface area contributed by atoms with E-state index < -0.39 is 0 Å². The highest BCUT2D eigenvalue weighted by atomic mass is 15.3. The first-order valence-electron chi connectivity index (χ1n) is 6.93. The van der Waals surface area contributed by atoms with Crippen LogP contribution in [0.15, 0.2) is 0 Å². The molecule has 2 rings (SSSR count). The van der Waals surface area contributed by atoms with Crippen LogP contribution in [0.1, 0.15) is 26.7 Å². The molecule has 2 aliphatic heterocycles. The molecular formula is C13H27N3. The standard InChI is InChI=1S/C13H27N3/c1-3-13(4-2)11-16(12-13)10-9-15-7-5-14-6-8-15/h14H,3-12H2,1-2H3. The summed E-state index contributed by atoms with van der Waals surface area (Å²) >= 11 is 0. The Morgan fingerprint density at radius 2 is 1.50 bits per heavy atom. The Hall–Kier alpha value is -0.120. The first kappa shape index (κ1) is 12.3. The van der Waals surface area contributed by atoms with E-state index in [4.69, 9.17) is 0 Å². The number of piperazine rings is 1. The summed E-state index contributed by atoms with van der Waals surface area (Å²) in [6.07, 6.45) is 2.71. The van der Waals surface area contributed by atoms with Gasteiger partial charge in [0.15, 0.2) is 0 Å². The highest BCUT2D eigenvalue weighted by molar-refractivity contribution is 4.93. The van der Waals surface area contributed by atoms with Gasteiger partial charge in [0, 0.05) is 52.4 Å². The minimum atomic E-state index is 0.670. The summed E-state index contributed by atoms with van der Waals surface area (Å²) in [5, 5.41) is 3.41. The Balaban J connectivity index is 1.62. The molecule has 0 atom stereocenters. The molecule has 94 valence electrons. The SMILES string of the molecule is CCC1(CC)CN(CCN2CCNCC2)C1. The van der Waals surface area contributed by atoms with E-state index in [1.54, 1.807) is 0 Å². The van der Waals surface area contributed by atoms with Gasteiger partial charge in [-0.05, 0) is 18.3 Å². The van der Waals surface area contributed by atoms with Crippen molar-refractivity contribution in [3.05, 3.63) is 0 Å². The van der Waals surface area contributed by atoms with Crippen LogP contribution >= 0.6 is 0 Å². The van der Waals surface area contributed by atoms with Gasteiger partial charge in [-0.3, -0.25) is 4.90 Å². The number of nitrogens with one attached hydrogen (secondary N) is 1. The van der Waals surface area contributed by atoms with Gasteiger partial charge in [0.05, 0.1) is 0 Å². The Bertz CT molecular complexity index is 199. The summed E-state index contributed by atoms with van der Waals surface area (Å²) in [4.78, 5) is 5.23. The quantitative estimate of drug-likeness (QED) is 0.753. The van der Waals surface area contributed by atoms with E-state index in [-0.39, 0.29) is 0 Å². The summed E-state index contributed by atoms with van der Waals surface area (Å²) in [6.45, 7) is 14.7. The van der Waals surface area contributed by atoms with E-state index in [9.17, 15) is 0 Å². The number of rotatable bonds is 5. The van der Waals surface area contributed by atoms with E-state index in [0.29, 0.717) is 5.41 Å². The summed E-state index contributed by atoms with van der Waals surface area (Å²) < 4.78 is 0. The van der Waals surface area contributed by atoms with Crippen molar-refractivity contribution in [1.29, 1.82) is 0 Å². The fourth-order valence-corrected chi connectivity index (χ4v) is 2.98. The van der Waals surface area contributed by atoms with Crippen LogP contribution in [0.2, 0.25) is 0 Å². The first-order valence-corrected chi connectivity index (χ1v) is 6.93. The van der Waals surface area contributed by atoms with Crippen LogP contribution < -0.4 is 5.32 Å². The molecule has 0 aromatic heterocycles. The van der Waals surface area contributed by atoms with Crippen molar-refractivity contribution in [3.63, 3.8) is 0 Å². The molecule has 2 heterocycles. The fourth-order valence-electron chi connectivity index (χ4n) is 2.98. The van der Waals surface area contributed by atoms with Crippen molar-refractivity contribution in [3.8, 4) is 0 Å². The molecule has 2 fully saturated rings. The average Bonchev–Trinajstić information content (AvgIpc) is 2.30. The third-order valence-corrected chi connectivity index (χ3v) is 4.56. The maximum atomic E-state index is 3.41. The van der Waals surface area contributed by atoms with E-state index in [1.807, 2.05) is 0 Å². The van der Waals surface area contributed by atoms with Crippen LogP contribution in [0, 0.1) is 5.41 Å². The lowest BCUT2D eigenvalue weighted by Gasteiger charge is -2.50. The van der Waals surface area contributed by atoms with Gasteiger partial charge >= 0.3 is 0 Å². The molecule has 1 N–H and O–H groups in total. The van der Waals surface area contributed by atoms with Crippen molar-refractivity contribution >= 4 is 0 Å². The molecular weight excluding hydrogens is 198 g/mol. The molecule has 0 spiro atoms. The van der Waals surface area contributed by atoms with Crippen molar-refractivity contribution in [2.75, 3.05) is 52.4 Å². The molecule has 0 unspecified atom stereocenters. The minimum absolute atomic E-state index is 0.670. The molecule has 3 nitrogen and oxygen atoms in total. The second kappa shape index (κ2) is 5.48. The Morgan fingerprint density at radius 3 is 2.06 bits per heavy atom. The summed E-state index contributed by atoms with van der Waals surface area (Å²) in [6, 6.07) is 0. The predicted molar refractivity (Wildman–Crippen MR) is 68.8 cm³/mol. The molecule has 0 aromatic carbocycles. The van der Waals surface area contributed by atoms with Crippen LogP contribution in [0.3, 0.4) is 0 Å². The second-order valence-corrected chi connectivity index (χ2v) is 5.51. The Kier molecular flexibility index (Phi) is 4.22. The topological polar surface area (TPSA) is 18.5 Å². The fraction of sp³-hybridized carbons (Fsp3) is 1.00. The number of hydrogen-bond acceptors (Lipinski definition) is 3. The van der Waals surface area contributed by atoms with Crippen molar-refractivity contribution in [2.45, 2.75) is 26.7 Å². The van der Waals surface area contributed by atoms with Gasteiger partial charge in [-0.2, -0.15) is 0 Å². The zero-order valence-corrected chi connectivity index (χ0v) is 11.0. The smallest absolute Gasteiger partial charge is 0.0110 e. The zero-order valence-electron chi connectivity index (χ0n) is 11.0. The number of hydrogen-bond donors (Lipinski definition) is 1. The van der Waals surface area contributed by atoms with Gasteiger partial charge in [-0.1, -0.05) is 13.8 Å². The number of likely N-dealkylation sites (tertiary alicyclic amines) is 1. The summed E-state index contributed by atoms with van der Waals surface area (Å²) in [5.41, 5.74) is 0.670. The zero-order chi connectivity index (χ0) is 11.4. The van der Waals surface area contributed by atoms with E-state index >= 15 is 0 Å². The Morgan fingerprint density at radius 1 is 0.938 bits per heavy atom. The summed E-state index contributed by atoms with van der Waals surface area (Å²) in [7, 11) is 0. The third kappa shape index (κ3) is 2.76. The molecule has 0 radical (unpaired) electrons. The maximum absolute atomic E-state index is 3.41. The molecule has 2 aliphatic rings. The average molecular weight is 225 g/mol. The predicted octanol–water partition coefficient (Wildman–Crippen LogP) is 1.01. The largest absolute Gasteiger partial charge is 0.314 e. The van der Waals surface area contributed by atoms with E-state index in [2.05, 4.69) is 29.0 Å². The lowest BCUT2D eigenvalue weighted by molar-refractivity contribution is -0.0117. The lowest BCUT2D eigenvalue weighted by Crippen LogP contribution is -2.57. The van der Waals surface area contributed by atoms with Crippen LogP contribution in [0.4, 0.5) is 0 Å². The van der Waals surface area contributed by atoms with Gasteiger partial charge in [0.2, 0.25) is 0 Å². The first-order chi connectivity index (χ1) is 7.78. The van der Waals surface area contributed by atoms with Crippen LogP contribution in [-0.4, -0.2) is 62.2 Å². The Labute approximate surface area is 100 Å². The monoisotopic (exact) mass is 225 g/mol. The normalized spacial score (nSPS) is 26.6. The van der Waals surface area contributed by atoms with Crippen LogP contribution in [-0.2, 0) is 0 Å². The summed E-state index contributed by atoms with van der Waals surface area (Å²) in [5.74, 6) is 0. The highest BCUT2D eigenvalue weighted by Crippen LogP contribution is 2.36. The van der Waals surface area contributed by atoms with E-state index in [0.717, 1.165) is 0 Å². The van der Waals surface area contributed by atoms with Gasteiger partial charge in [0.1, 0.15) is 0 Å². The van der Waals surface area contributed by atoms with Gasteiger partial charge < -0.3 is 10.2 Å². The molecule has 0 bridgehead atoms. The molecule has 3 heteroatoms. The molecule has 0 saturated carbocycles. The molecule has 0 aliphatic carbocycles. The minimum Gasteiger partial charge on any atom is -0.314 e. The van der Waals surface area contributed by atoms with Gasteiger partial charge in [0.25, 0.3) is 0 Å². The molecule has 2 saturated heterocycles. The lowest BCUT2D eigenvalue weighted by atomic mass is 9.75. The molecule has 16 heavy (non-hydrogen) atoms. The maximum Gasteiger partial charge on any atom is 0.0110 e. The second-order valence-electron chi connectivity index (χ2n) is 5.51. The molecule has 0 amide bonds. The van der Waals surface area contributed by atoms with Crippen molar-refractivity contribution in [1.82, 2.24) is 15.1 Å². The van der Waals surface area contributed by atoms with Crippen LogP contribution in [0.25, 0.3) is 0 Å².